The number of aliphatic hydroxyl groups is 1. The summed E-state index contributed by atoms with van der Waals surface area (Å²) in [6, 6.07) is 0. The molecule has 0 saturated carbocycles. The maximum absolute atomic E-state index is 10.8. The van der Waals surface area contributed by atoms with E-state index in [9.17, 15) is 4.79 Å². The molecule has 1 amide bonds. The van der Waals surface area contributed by atoms with E-state index in [1.54, 1.807) is 0 Å². The number of nitrogens with one attached hydrogen (secondary N) is 2. The smallest absolute Gasteiger partial charge is 0.225 e. The van der Waals surface area contributed by atoms with Gasteiger partial charge >= 0.3 is 0 Å². The Morgan fingerprint density at radius 2 is 2.55 bits per heavy atom. The van der Waals surface area contributed by atoms with E-state index in [1.807, 2.05) is 0 Å². The number of hydrogen-bond acceptors (Lipinski definition) is 4. The lowest BCUT2D eigenvalue weighted by Gasteiger charge is -2.27. The van der Waals surface area contributed by atoms with Gasteiger partial charge in [-0.25, -0.2) is 0 Å². The van der Waals surface area contributed by atoms with Crippen molar-refractivity contribution in [3.63, 3.8) is 0 Å². The number of methoxy groups -OCH3 is 1. The molecule has 0 radical (unpaired) electrons. The van der Waals surface area contributed by atoms with E-state index in [0.29, 0.717) is 6.61 Å². The van der Waals surface area contributed by atoms with E-state index >= 15 is 0 Å². The zero-order valence-electron chi connectivity index (χ0n) is 6.33. The predicted octanol–water partition coefficient (Wildman–Crippen LogP) is -1.61. The third kappa shape index (κ3) is 2.45. The standard InChI is InChI=1S/C6H12N2O3/c1-11-3-4-7-5(9)2-6(10)8-4/h4-5,7,9H,2-3H2,1H3,(H,8,10). The fraction of sp³-hybridized carbons (Fsp3) is 0.833. The van der Waals surface area contributed by atoms with E-state index in [4.69, 9.17) is 9.84 Å². The third-order valence-corrected chi connectivity index (χ3v) is 1.44. The number of carbonyl (C=O) groups is 1. The molecule has 3 N–H and O–H groups in total. The van der Waals surface area contributed by atoms with Crippen molar-refractivity contribution < 1.29 is 14.6 Å². The Hall–Kier alpha value is -0.650. The van der Waals surface area contributed by atoms with Gasteiger partial charge in [0.25, 0.3) is 0 Å². The van der Waals surface area contributed by atoms with Crippen LogP contribution in [0.4, 0.5) is 0 Å². The minimum Gasteiger partial charge on any atom is -0.381 e. The fourth-order valence-corrected chi connectivity index (χ4v) is 1.02. The van der Waals surface area contributed by atoms with Crippen LogP contribution in [0.15, 0.2) is 0 Å². The van der Waals surface area contributed by atoms with Gasteiger partial charge in [-0.05, 0) is 0 Å². The second kappa shape index (κ2) is 3.66. The Balaban J connectivity index is 2.36. The summed E-state index contributed by atoms with van der Waals surface area (Å²) in [7, 11) is 1.54. The molecule has 0 bridgehead atoms. The molecule has 0 aromatic carbocycles. The minimum absolute atomic E-state index is 0.111. The van der Waals surface area contributed by atoms with Gasteiger partial charge in [0, 0.05) is 7.11 Å². The van der Waals surface area contributed by atoms with Crippen molar-refractivity contribution in [3.05, 3.63) is 0 Å². The number of ether oxygens (including phenoxy) is 1. The lowest BCUT2D eigenvalue weighted by molar-refractivity contribution is -0.128. The van der Waals surface area contributed by atoms with E-state index in [0.717, 1.165) is 0 Å². The summed E-state index contributed by atoms with van der Waals surface area (Å²) in [5.74, 6) is -0.154. The van der Waals surface area contributed by atoms with Crippen LogP contribution in [0, 0.1) is 0 Å². The van der Waals surface area contributed by atoms with Gasteiger partial charge < -0.3 is 15.2 Å². The van der Waals surface area contributed by atoms with Gasteiger partial charge in [0.15, 0.2) is 0 Å². The number of amides is 1. The molecule has 1 heterocycles. The Morgan fingerprint density at radius 1 is 1.82 bits per heavy atom. The second-order valence-corrected chi connectivity index (χ2v) is 2.46. The first-order chi connectivity index (χ1) is 5.22. The SMILES string of the molecule is COCC1NC(=O)CC(O)N1. The highest BCUT2D eigenvalue weighted by molar-refractivity contribution is 5.77. The molecule has 1 rings (SSSR count). The quantitative estimate of drug-likeness (QED) is 0.454. The van der Waals surface area contributed by atoms with Crippen LogP contribution in [0.5, 0.6) is 0 Å². The van der Waals surface area contributed by atoms with Gasteiger partial charge in [0.1, 0.15) is 12.4 Å². The van der Waals surface area contributed by atoms with Crippen LogP contribution in [0.1, 0.15) is 6.42 Å². The highest BCUT2D eigenvalue weighted by Crippen LogP contribution is 1.97. The van der Waals surface area contributed by atoms with Crippen LogP contribution in [0.2, 0.25) is 0 Å². The summed E-state index contributed by atoms with van der Waals surface area (Å²) in [5, 5.41) is 14.4. The molecule has 0 spiro atoms. The Labute approximate surface area is 64.7 Å². The number of carbonyl (C=O) groups excluding carboxylic acids is 1. The topological polar surface area (TPSA) is 70.6 Å². The molecule has 5 nitrogen and oxygen atoms in total. The second-order valence-electron chi connectivity index (χ2n) is 2.46. The Morgan fingerprint density at radius 3 is 3.09 bits per heavy atom. The number of rotatable bonds is 2. The molecular weight excluding hydrogens is 148 g/mol. The van der Waals surface area contributed by atoms with Crippen LogP contribution in [-0.2, 0) is 9.53 Å². The van der Waals surface area contributed by atoms with Crippen molar-refractivity contribution in [1.29, 1.82) is 0 Å². The molecule has 0 aromatic rings. The van der Waals surface area contributed by atoms with Crippen molar-refractivity contribution in [2.45, 2.75) is 18.8 Å². The monoisotopic (exact) mass is 160 g/mol. The summed E-state index contributed by atoms with van der Waals surface area (Å²) < 4.78 is 4.79. The van der Waals surface area contributed by atoms with Crippen LogP contribution in [0.25, 0.3) is 0 Å². The first-order valence-corrected chi connectivity index (χ1v) is 3.45. The van der Waals surface area contributed by atoms with Crippen LogP contribution < -0.4 is 10.6 Å². The lowest BCUT2D eigenvalue weighted by atomic mass is 10.2. The van der Waals surface area contributed by atoms with Gasteiger partial charge in [0.05, 0.1) is 13.0 Å². The largest absolute Gasteiger partial charge is 0.381 e. The van der Waals surface area contributed by atoms with Crippen molar-refractivity contribution in [3.8, 4) is 0 Å². The molecule has 0 aliphatic carbocycles. The third-order valence-electron chi connectivity index (χ3n) is 1.44. The number of aliphatic hydroxyl groups excluding tert-OH is 1. The number of hydrogen-bond donors (Lipinski definition) is 3. The molecule has 2 unspecified atom stereocenters. The summed E-state index contributed by atoms with van der Waals surface area (Å²) in [4.78, 5) is 10.8. The zero-order chi connectivity index (χ0) is 8.27. The molecule has 0 aromatic heterocycles. The van der Waals surface area contributed by atoms with Gasteiger partial charge in [-0.1, -0.05) is 0 Å². The van der Waals surface area contributed by atoms with Gasteiger partial charge in [-0.3, -0.25) is 10.1 Å². The molecule has 2 atom stereocenters. The fourth-order valence-electron chi connectivity index (χ4n) is 1.02. The van der Waals surface area contributed by atoms with Gasteiger partial charge in [-0.15, -0.1) is 0 Å². The summed E-state index contributed by atoms with van der Waals surface area (Å²) in [5.41, 5.74) is 0. The lowest BCUT2D eigenvalue weighted by Crippen LogP contribution is -2.58. The van der Waals surface area contributed by atoms with E-state index < -0.39 is 6.23 Å². The molecule has 64 valence electrons. The molecule has 1 aliphatic rings. The molecule has 1 fully saturated rings. The predicted molar refractivity (Wildman–Crippen MR) is 37.6 cm³/mol. The minimum atomic E-state index is -0.746. The molecular formula is C6H12N2O3. The van der Waals surface area contributed by atoms with E-state index in [1.165, 1.54) is 7.11 Å². The van der Waals surface area contributed by atoms with Crippen LogP contribution in [-0.4, -0.2) is 37.1 Å². The maximum atomic E-state index is 10.8. The normalized spacial score (nSPS) is 31.6. The Kier molecular flexibility index (Phi) is 2.81. The average Bonchev–Trinajstić information content (AvgIpc) is 1.85. The first-order valence-electron chi connectivity index (χ1n) is 3.45. The van der Waals surface area contributed by atoms with Crippen LogP contribution >= 0.6 is 0 Å². The van der Waals surface area contributed by atoms with Crippen molar-refractivity contribution in [2.75, 3.05) is 13.7 Å². The first kappa shape index (κ1) is 8.45. The highest BCUT2D eigenvalue weighted by atomic mass is 16.5. The van der Waals surface area contributed by atoms with E-state index in [-0.39, 0.29) is 18.5 Å². The zero-order valence-corrected chi connectivity index (χ0v) is 6.33. The Bertz CT molecular complexity index is 151. The van der Waals surface area contributed by atoms with Gasteiger partial charge in [0.2, 0.25) is 5.91 Å². The maximum Gasteiger partial charge on any atom is 0.225 e. The summed E-state index contributed by atoms with van der Waals surface area (Å²) in [6.45, 7) is 0.364. The van der Waals surface area contributed by atoms with Crippen LogP contribution in [0.3, 0.4) is 0 Å². The van der Waals surface area contributed by atoms with Crippen molar-refractivity contribution in [2.24, 2.45) is 0 Å². The summed E-state index contributed by atoms with van der Waals surface area (Å²) >= 11 is 0. The van der Waals surface area contributed by atoms with E-state index in [2.05, 4.69) is 10.6 Å². The molecule has 1 saturated heterocycles. The average molecular weight is 160 g/mol. The molecule has 1 aliphatic heterocycles. The molecule has 5 heteroatoms. The summed E-state index contributed by atoms with van der Waals surface area (Å²) in [6.07, 6.45) is -0.902. The van der Waals surface area contributed by atoms with Crippen molar-refractivity contribution in [1.82, 2.24) is 10.6 Å². The highest BCUT2D eigenvalue weighted by Gasteiger charge is 2.23. The van der Waals surface area contributed by atoms with Gasteiger partial charge in [-0.2, -0.15) is 0 Å². The van der Waals surface area contributed by atoms with Crippen molar-refractivity contribution >= 4 is 5.91 Å². The molecule has 11 heavy (non-hydrogen) atoms.